The van der Waals surface area contributed by atoms with Crippen LogP contribution in [-0.2, 0) is 9.13 Å². The van der Waals surface area contributed by atoms with Crippen LogP contribution in [0.2, 0.25) is 0 Å². The molecule has 0 amide bonds. The number of para-hydroxylation sites is 2. The minimum Gasteiger partial charge on any atom is -0.771 e. The summed E-state index contributed by atoms with van der Waals surface area (Å²) in [6, 6.07) is 16.7. The molecule has 0 heterocycles. The van der Waals surface area contributed by atoms with Crippen molar-refractivity contribution >= 4 is 16.5 Å². The van der Waals surface area contributed by atoms with Crippen molar-refractivity contribution < 1.29 is 131 Å². The van der Waals surface area contributed by atoms with Crippen molar-refractivity contribution in [1.82, 2.24) is 0 Å². The number of hydrogen-bond acceptors (Lipinski definition) is 6. The van der Waals surface area contributed by atoms with Crippen LogP contribution in [0.3, 0.4) is 0 Å². The molecule has 0 saturated carbocycles. The maximum Gasteiger partial charge on any atom is 1.00 e. The van der Waals surface area contributed by atoms with Crippen molar-refractivity contribution in [1.29, 1.82) is 0 Å². The van der Waals surface area contributed by atoms with Gasteiger partial charge in [0.2, 0.25) is 0 Å². The van der Waals surface area contributed by atoms with Crippen LogP contribution in [0.15, 0.2) is 60.7 Å². The van der Waals surface area contributed by atoms with Gasteiger partial charge in [-0.2, -0.15) is 0 Å². The second-order valence-electron chi connectivity index (χ2n) is 3.33. The van der Waals surface area contributed by atoms with Gasteiger partial charge in [-0.05, 0) is 24.3 Å². The molecule has 108 valence electrons. The number of hydrogen-bond donors (Lipinski definition) is 0. The van der Waals surface area contributed by atoms with E-state index in [1.165, 1.54) is 0 Å². The summed E-state index contributed by atoms with van der Waals surface area (Å²) in [5.41, 5.74) is 0. The van der Waals surface area contributed by atoms with Crippen LogP contribution in [0.5, 0.6) is 11.5 Å². The van der Waals surface area contributed by atoms with E-state index in [0.717, 1.165) is 0 Å². The first kappa shape index (κ1) is 25.9. The Hall–Kier alpha value is 1.69. The normalized spacial score (nSPS) is 11.4. The van der Waals surface area contributed by atoms with Gasteiger partial charge in [-0.15, -0.1) is 0 Å². The molecule has 0 N–H and O–H groups in total. The van der Waals surface area contributed by atoms with E-state index in [1.807, 2.05) is 0 Å². The molecule has 2 atom stereocenters. The fourth-order valence-corrected chi connectivity index (χ4v) is 1.83. The Morgan fingerprint density at radius 2 is 0.909 bits per heavy atom. The third kappa shape index (κ3) is 14.1. The summed E-state index contributed by atoms with van der Waals surface area (Å²) in [4.78, 5) is 20.0. The molecule has 2 aromatic carbocycles. The van der Waals surface area contributed by atoms with E-state index in [-0.39, 0.29) is 103 Å². The molecule has 2 rings (SSSR count). The quantitative estimate of drug-likeness (QED) is 0.385. The fraction of sp³-hybridized carbons (Fsp3) is 0. The minimum absolute atomic E-state index is 0. The maximum absolute atomic E-state index is 10.0. The van der Waals surface area contributed by atoms with Gasteiger partial charge in [0.1, 0.15) is 11.5 Å². The molecule has 0 aromatic heterocycles. The van der Waals surface area contributed by atoms with Gasteiger partial charge in [-0.25, -0.2) is 0 Å². The van der Waals surface area contributed by atoms with Crippen molar-refractivity contribution in [2.24, 2.45) is 0 Å². The number of rotatable bonds is 4. The van der Waals surface area contributed by atoms with Crippen LogP contribution in [0.4, 0.5) is 0 Å². The van der Waals surface area contributed by atoms with E-state index in [9.17, 15) is 18.9 Å². The zero-order chi connectivity index (χ0) is 14.8. The molecule has 0 bridgehead atoms. The van der Waals surface area contributed by atoms with Crippen LogP contribution in [-0.4, -0.2) is 0 Å². The van der Waals surface area contributed by atoms with Gasteiger partial charge < -0.3 is 18.8 Å². The molecule has 10 heteroatoms. The van der Waals surface area contributed by atoms with E-state index in [0.29, 0.717) is 11.5 Å². The molecular weight excluding hydrogens is 380 g/mol. The topological polar surface area (TPSA) is 98.7 Å². The molecule has 0 spiro atoms. The molecule has 2 aromatic rings. The zero-order valence-electron chi connectivity index (χ0n) is 12.2. The van der Waals surface area contributed by atoms with Crippen LogP contribution in [0, 0.1) is 0 Å². The van der Waals surface area contributed by atoms with E-state index in [4.69, 9.17) is 0 Å². The van der Waals surface area contributed by atoms with Crippen molar-refractivity contribution in [3.05, 3.63) is 60.7 Å². The monoisotopic (exact) mass is 392 g/mol. The van der Waals surface area contributed by atoms with Crippen LogP contribution >= 0.6 is 16.5 Å². The van der Waals surface area contributed by atoms with Gasteiger partial charge in [0, 0.05) is 0 Å². The second kappa shape index (κ2) is 16.2. The molecular formula is C12H12K2O6P2. The SMILES string of the molecule is O=[PH]([O-])Oc1ccccc1.O=[PH]([O-])Oc1ccccc1.[K+].[K+]. The van der Waals surface area contributed by atoms with Crippen molar-refractivity contribution in [2.45, 2.75) is 0 Å². The Kier molecular flexibility index (Phi) is 19.1. The van der Waals surface area contributed by atoms with E-state index in [1.54, 1.807) is 60.7 Å². The Bertz CT molecular complexity index is 505. The Labute approximate surface area is 215 Å². The molecule has 0 radical (unpaired) electrons. The summed E-state index contributed by atoms with van der Waals surface area (Å²) >= 11 is 0. The standard InChI is InChI=1S/2C6H7O3P.2K/c2*7-10(8)9-6-4-2-1-3-5-6;;/h2*1-5,10H,(H,7,8);;/q;;2*+1/p-2. The molecule has 22 heavy (non-hydrogen) atoms. The molecule has 0 aliphatic rings. The third-order valence-corrected chi connectivity index (χ3v) is 2.69. The average molecular weight is 392 g/mol. The predicted molar refractivity (Wildman–Crippen MR) is 72.1 cm³/mol. The summed E-state index contributed by atoms with van der Waals surface area (Å²) in [6.45, 7) is 0. The van der Waals surface area contributed by atoms with E-state index in [2.05, 4.69) is 9.05 Å². The summed E-state index contributed by atoms with van der Waals surface area (Å²) in [6.07, 6.45) is 0. The minimum atomic E-state index is -3.09. The van der Waals surface area contributed by atoms with Crippen molar-refractivity contribution in [2.75, 3.05) is 0 Å². The first-order valence-electron chi connectivity index (χ1n) is 5.45. The first-order valence-corrected chi connectivity index (χ1v) is 7.90. The maximum atomic E-state index is 10.0. The van der Waals surface area contributed by atoms with Gasteiger partial charge in [0.05, 0.1) is 0 Å². The van der Waals surface area contributed by atoms with E-state index >= 15 is 0 Å². The largest absolute Gasteiger partial charge is 1.00 e. The third-order valence-electron chi connectivity index (χ3n) is 1.89. The molecule has 2 unspecified atom stereocenters. The molecule has 0 aliphatic heterocycles. The second-order valence-corrected chi connectivity index (χ2v) is 4.74. The summed E-state index contributed by atoms with van der Waals surface area (Å²) in [5, 5.41) is 0. The number of benzene rings is 2. The summed E-state index contributed by atoms with van der Waals surface area (Å²) in [7, 11) is -6.17. The summed E-state index contributed by atoms with van der Waals surface area (Å²) in [5.74, 6) is 0.725. The van der Waals surface area contributed by atoms with E-state index < -0.39 is 16.5 Å². The zero-order valence-corrected chi connectivity index (χ0v) is 20.5. The Balaban J connectivity index is 0. The Morgan fingerprint density at radius 1 is 0.636 bits per heavy atom. The van der Waals surface area contributed by atoms with Gasteiger partial charge in [0.15, 0.2) is 16.5 Å². The predicted octanol–water partition coefficient (Wildman–Crippen LogP) is -4.36. The van der Waals surface area contributed by atoms with Gasteiger partial charge >= 0.3 is 103 Å². The smallest absolute Gasteiger partial charge is 0.771 e. The van der Waals surface area contributed by atoms with Gasteiger partial charge in [0.25, 0.3) is 0 Å². The molecule has 6 nitrogen and oxygen atoms in total. The fourth-order valence-electron chi connectivity index (χ4n) is 1.17. The van der Waals surface area contributed by atoms with Crippen LogP contribution in [0.25, 0.3) is 0 Å². The van der Waals surface area contributed by atoms with Gasteiger partial charge in [-0.3, -0.25) is 9.13 Å². The summed E-state index contributed by atoms with van der Waals surface area (Å²) < 4.78 is 28.9. The molecule has 0 saturated heterocycles. The van der Waals surface area contributed by atoms with Crippen molar-refractivity contribution in [3.63, 3.8) is 0 Å². The van der Waals surface area contributed by atoms with Gasteiger partial charge in [-0.1, -0.05) is 36.4 Å². The Morgan fingerprint density at radius 3 is 1.14 bits per heavy atom. The van der Waals surface area contributed by atoms with Crippen LogP contribution in [0.1, 0.15) is 0 Å². The molecule has 0 aliphatic carbocycles. The first-order chi connectivity index (χ1) is 9.58. The van der Waals surface area contributed by atoms with Crippen LogP contribution < -0.4 is 122 Å². The van der Waals surface area contributed by atoms with Crippen molar-refractivity contribution in [3.8, 4) is 11.5 Å². The average Bonchev–Trinajstić information content (AvgIpc) is 2.40. The molecule has 0 fully saturated rings.